The lowest BCUT2D eigenvalue weighted by atomic mass is 10.1. The van der Waals surface area contributed by atoms with Gasteiger partial charge in [-0.15, -0.1) is 0 Å². The summed E-state index contributed by atoms with van der Waals surface area (Å²) in [6.07, 6.45) is 3.45. The Kier molecular flexibility index (Phi) is 7.93. The highest BCUT2D eigenvalue weighted by molar-refractivity contribution is 8.76. The van der Waals surface area contributed by atoms with Gasteiger partial charge in [-0.3, -0.25) is 4.79 Å². The summed E-state index contributed by atoms with van der Waals surface area (Å²) in [6, 6.07) is 5.84. The van der Waals surface area contributed by atoms with Crippen LogP contribution in [0, 0.1) is 5.92 Å². The van der Waals surface area contributed by atoms with Crippen LogP contribution in [0.1, 0.15) is 26.7 Å². The molecule has 1 amide bonds. The standard InChI is InChI=1S/C13H20N2OS2/c1-3-11(2)10-15-12(16)7-9-17-18-13-6-4-5-8-14-13/h4-6,8,11H,3,7,9-10H2,1-2H3,(H,15,16). The third-order valence-electron chi connectivity index (χ3n) is 2.54. The molecule has 1 aromatic heterocycles. The zero-order chi connectivity index (χ0) is 13.2. The lowest BCUT2D eigenvalue weighted by Gasteiger charge is -2.09. The summed E-state index contributed by atoms with van der Waals surface area (Å²) < 4.78 is 0. The molecular weight excluding hydrogens is 264 g/mol. The number of amides is 1. The van der Waals surface area contributed by atoms with E-state index in [0.29, 0.717) is 12.3 Å². The van der Waals surface area contributed by atoms with Crippen LogP contribution in [0.5, 0.6) is 0 Å². The van der Waals surface area contributed by atoms with E-state index in [1.807, 2.05) is 18.2 Å². The van der Waals surface area contributed by atoms with Crippen molar-refractivity contribution in [3.05, 3.63) is 24.4 Å². The van der Waals surface area contributed by atoms with Crippen LogP contribution in [-0.2, 0) is 4.79 Å². The molecule has 1 unspecified atom stereocenters. The second kappa shape index (κ2) is 9.28. The molecular formula is C13H20N2OS2. The van der Waals surface area contributed by atoms with Crippen molar-refractivity contribution in [3.63, 3.8) is 0 Å². The van der Waals surface area contributed by atoms with Crippen LogP contribution in [0.2, 0.25) is 0 Å². The first-order valence-electron chi connectivity index (χ1n) is 6.19. The Hall–Kier alpha value is -0.680. The molecule has 0 bridgehead atoms. The van der Waals surface area contributed by atoms with Gasteiger partial charge in [-0.25, -0.2) is 4.98 Å². The second-order valence-corrected chi connectivity index (χ2v) is 6.58. The van der Waals surface area contributed by atoms with Crippen molar-refractivity contribution in [1.82, 2.24) is 10.3 Å². The van der Waals surface area contributed by atoms with Gasteiger partial charge in [0.2, 0.25) is 5.91 Å². The lowest BCUT2D eigenvalue weighted by molar-refractivity contribution is -0.120. The molecule has 0 aliphatic rings. The van der Waals surface area contributed by atoms with Crippen LogP contribution in [0.15, 0.2) is 29.4 Å². The molecule has 0 fully saturated rings. The minimum atomic E-state index is 0.143. The second-order valence-electron chi connectivity index (χ2n) is 4.14. The molecule has 1 heterocycles. The Morgan fingerprint density at radius 1 is 1.50 bits per heavy atom. The molecule has 18 heavy (non-hydrogen) atoms. The van der Waals surface area contributed by atoms with Crippen molar-refractivity contribution in [2.45, 2.75) is 31.7 Å². The minimum absolute atomic E-state index is 0.143. The lowest BCUT2D eigenvalue weighted by Crippen LogP contribution is -2.28. The molecule has 100 valence electrons. The largest absolute Gasteiger partial charge is 0.356 e. The Balaban J connectivity index is 2.05. The normalized spacial score (nSPS) is 12.1. The number of nitrogens with one attached hydrogen (secondary N) is 1. The molecule has 1 N–H and O–H groups in total. The third-order valence-corrected chi connectivity index (χ3v) is 4.81. The molecule has 0 aromatic carbocycles. The Morgan fingerprint density at radius 3 is 3.00 bits per heavy atom. The van der Waals surface area contributed by atoms with Crippen LogP contribution in [-0.4, -0.2) is 23.2 Å². The number of nitrogens with zero attached hydrogens (tertiary/aromatic N) is 1. The van der Waals surface area contributed by atoms with Gasteiger partial charge in [0, 0.05) is 24.9 Å². The fourth-order valence-corrected chi connectivity index (χ4v) is 3.02. The highest BCUT2D eigenvalue weighted by atomic mass is 33.1. The highest BCUT2D eigenvalue weighted by Crippen LogP contribution is 2.29. The van der Waals surface area contributed by atoms with Crippen LogP contribution >= 0.6 is 21.6 Å². The minimum Gasteiger partial charge on any atom is -0.356 e. The van der Waals surface area contributed by atoms with E-state index in [-0.39, 0.29) is 5.91 Å². The van der Waals surface area contributed by atoms with Crippen molar-refractivity contribution >= 4 is 27.5 Å². The third kappa shape index (κ3) is 6.91. The number of rotatable bonds is 8. The maximum absolute atomic E-state index is 11.5. The van der Waals surface area contributed by atoms with E-state index >= 15 is 0 Å². The van der Waals surface area contributed by atoms with Gasteiger partial charge in [0.25, 0.3) is 0 Å². The van der Waals surface area contributed by atoms with E-state index in [1.54, 1.807) is 27.8 Å². The van der Waals surface area contributed by atoms with Gasteiger partial charge in [0.15, 0.2) is 0 Å². The van der Waals surface area contributed by atoms with Gasteiger partial charge in [-0.2, -0.15) is 0 Å². The van der Waals surface area contributed by atoms with Gasteiger partial charge < -0.3 is 5.32 Å². The van der Waals surface area contributed by atoms with Crippen molar-refractivity contribution in [2.24, 2.45) is 5.92 Å². The monoisotopic (exact) mass is 284 g/mol. The maximum Gasteiger partial charge on any atom is 0.220 e. The van der Waals surface area contributed by atoms with Gasteiger partial charge in [-0.05, 0) is 28.8 Å². The molecule has 0 spiro atoms. The first kappa shape index (κ1) is 15.4. The maximum atomic E-state index is 11.5. The molecule has 0 aliphatic heterocycles. The van der Waals surface area contributed by atoms with E-state index in [2.05, 4.69) is 24.1 Å². The van der Waals surface area contributed by atoms with Crippen LogP contribution in [0.25, 0.3) is 0 Å². The van der Waals surface area contributed by atoms with Crippen LogP contribution in [0.4, 0.5) is 0 Å². The topological polar surface area (TPSA) is 42.0 Å². The van der Waals surface area contributed by atoms with E-state index < -0.39 is 0 Å². The van der Waals surface area contributed by atoms with E-state index in [1.165, 1.54) is 0 Å². The summed E-state index contributed by atoms with van der Waals surface area (Å²) >= 11 is 0. The smallest absolute Gasteiger partial charge is 0.220 e. The average Bonchev–Trinajstić information content (AvgIpc) is 2.42. The highest BCUT2D eigenvalue weighted by Gasteiger charge is 2.04. The number of carbonyl (C=O) groups is 1. The Bertz CT molecular complexity index is 346. The van der Waals surface area contributed by atoms with E-state index in [9.17, 15) is 4.79 Å². The van der Waals surface area contributed by atoms with Crippen molar-refractivity contribution < 1.29 is 4.79 Å². The first-order chi connectivity index (χ1) is 8.72. The fourth-order valence-electron chi connectivity index (χ4n) is 1.15. The molecule has 1 aromatic rings. The summed E-state index contributed by atoms with van der Waals surface area (Å²) in [4.78, 5) is 15.7. The van der Waals surface area contributed by atoms with Crippen molar-refractivity contribution in [3.8, 4) is 0 Å². The average molecular weight is 284 g/mol. The number of hydrogen-bond donors (Lipinski definition) is 1. The van der Waals surface area contributed by atoms with Gasteiger partial charge in [0.05, 0.1) is 0 Å². The number of pyridine rings is 1. The van der Waals surface area contributed by atoms with Crippen molar-refractivity contribution in [1.29, 1.82) is 0 Å². The van der Waals surface area contributed by atoms with Crippen LogP contribution in [0.3, 0.4) is 0 Å². The van der Waals surface area contributed by atoms with Crippen LogP contribution < -0.4 is 5.32 Å². The predicted molar refractivity (Wildman–Crippen MR) is 79.6 cm³/mol. The molecule has 0 saturated heterocycles. The fraction of sp³-hybridized carbons (Fsp3) is 0.538. The Morgan fingerprint density at radius 2 is 2.33 bits per heavy atom. The number of aromatic nitrogens is 1. The first-order valence-corrected chi connectivity index (χ1v) is 8.51. The van der Waals surface area contributed by atoms with Crippen molar-refractivity contribution in [2.75, 3.05) is 12.3 Å². The zero-order valence-electron chi connectivity index (χ0n) is 10.9. The molecule has 1 rings (SSSR count). The SMILES string of the molecule is CCC(C)CNC(=O)CCSSc1ccccn1. The number of carbonyl (C=O) groups excluding carboxylic acids is 1. The Labute approximate surface area is 117 Å². The van der Waals surface area contributed by atoms with Gasteiger partial charge >= 0.3 is 0 Å². The molecule has 0 aliphatic carbocycles. The summed E-state index contributed by atoms with van der Waals surface area (Å²) in [7, 11) is 3.28. The number of hydrogen-bond acceptors (Lipinski definition) is 4. The molecule has 5 heteroatoms. The zero-order valence-corrected chi connectivity index (χ0v) is 12.5. The van der Waals surface area contributed by atoms with E-state index in [4.69, 9.17) is 0 Å². The quantitative estimate of drug-likeness (QED) is 0.587. The van der Waals surface area contributed by atoms with E-state index in [0.717, 1.165) is 23.7 Å². The van der Waals surface area contributed by atoms with Gasteiger partial charge in [0.1, 0.15) is 5.03 Å². The molecule has 0 radical (unpaired) electrons. The summed E-state index contributed by atoms with van der Waals surface area (Å²) in [5.74, 6) is 1.52. The summed E-state index contributed by atoms with van der Waals surface area (Å²) in [6.45, 7) is 5.06. The predicted octanol–water partition coefficient (Wildman–Crippen LogP) is 3.37. The molecule has 3 nitrogen and oxygen atoms in total. The molecule has 1 atom stereocenters. The summed E-state index contributed by atoms with van der Waals surface area (Å²) in [5.41, 5.74) is 0. The summed E-state index contributed by atoms with van der Waals surface area (Å²) in [5, 5.41) is 3.94. The van der Waals surface area contributed by atoms with Gasteiger partial charge in [-0.1, -0.05) is 37.1 Å². The molecule has 0 saturated carbocycles.